The second-order valence-corrected chi connectivity index (χ2v) is 3.48. The van der Waals surface area contributed by atoms with Crippen molar-refractivity contribution in [2.24, 2.45) is 0 Å². The molecule has 0 aliphatic heterocycles. The molecule has 0 bridgehead atoms. The van der Waals surface area contributed by atoms with Gasteiger partial charge in [-0.25, -0.2) is 4.39 Å². The molecule has 0 saturated heterocycles. The van der Waals surface area contributed by atoms with Crippen molar-refractivity contribution in [2.75, 3.05) is 18.5 Å². The van der Waals surface area contributed by atoms with Crippen LogP contribution < -0.4 is 5.32 Å². The monoisotopic (exact) mass is 222 g/mol. The van der Waals surface area contributed by atoms with Gasteiger partial charge in [0.15, 0.2) is 0 Å². The van der Waals surface area contributed by atoms with E-state index in [4.69, 9.17) is 10.00 Å². The van der Waals surface area contributed by atoms with E-state index in [1.165, 1.54) is 6.07 Å². The summed E-state index contributed by atoms with van der Waals surface area (Å²) in [5, 5.41) is 11.9. The van der Waals surface area contributed by atoms with Crippen LogP contribution >= 0.6 is 0 Å². The third kappa shape index (κ3) is 3.21. The molecule has 4 heteroatoms. The van der Waals surface area contributed by atoms with E-state index in [-0.39, 0.29) is 11.6 Å². The van der Waals surface area contributed by atoms with Gasteiger partial charge in [0.05, 0.1) is 12.3 Å². The van der Waals surface area contributed by atoms with Crippen molar-refractivity contribution < 1.29 is 9.13 Å². The number of halogens is 1. The minimum absolute atomic E-state index is 0.0360. The number of nitrogens with one attached hydrogen (secondary N) is 1. The van der Waals surface area contributed by atoms with Crippen LogP contribution in [0.4, 0.5) is 10.1 Å². The number of hydrogen-bond acceptors (Lipinski definition) is 3. The summed E-state index contributed by atoms with van der Waals surface area (Å²) >= 11 is 0. The highest BCUT2D eigenvalue weighted by molar-refractivity contribution is 5.58. The van der Waals surface area contributed by atoms with Gasteiger partial charge in [-0.3, -0.25) is 0 Å². The second-order valence-electron chi connectivity index (χ2n) is 3.48. The first-order chi connectivity index (χ1) is 7.69. The van der Waals surface area contributed by atoms with Crippen LogP contribution in [-0.2, 0) is 4.74 Å². The lowest BCUT2D eigenvalue weighted by atomic mass is 10.1. The number of nitriles is 1. The molecule has 0 radical (unpaired) electrons. The third-order valence-electron chi connectivity index (χ3n) is 2.10. The van der Waals surface area contributed by atoms with Crippen LogP contribution in [0.5, 0.6) is 0 Å². The summed E-state index contributed by atoms with van der Waals surface area (Å²) < 4.78 is 18.5. The highest BCUT2D eigenvalue weighted by atomic mass is 19.1. The maximum Gasteiger partial charge on any atom is 0.143 e. The lowest BCUT2D eigenvalue weighted by Crippen LogP contribution is -2.22. The van der Waals surface area contributed by atoms with E-state index in [0.29, 0.717) is 18.9 Å². The summed E-state index contributed by atoms with van der Waals surface area (Å²) in [7, 11) is 0. The van der Waals surface area contributed by atoms with E-state index >= 15 is 0 Å². The first-order valence-corrected chi connectivity index (χ1v) is 5.22. The Morgan fingerprint density at radius 1 is 1.56 bits per heavy atom. The van der Waals surface area contributed by atoms with Gasteiger partial charge in [0.25, 0.3) is 0 Å². The molecule has 16 heavy (non-hydrogen) atoms. The van der Waals surface area contributed by atoms with E-state index in [1.807, 2.05) is 19.9 Å². The molecule has 0 heterocycles. The number of anilines is 1. The fourth-order valence-corrected chi connectivity index (χ4v) is 1.36. The minimum Gasteiger partial charge on any atom is -0.380 e. The summed E-state index contributed by atoms with van der Waals surface area (Å²) in [6.45, 7) is 5.00. The molecule has 3 nitrogen and oxygen atoms in total. The molecule has 1 N–H and O–H groups in total. The van der Waals surface area contributed by atoms with Crippen LogP contribution in [0.25, 0.3) is 0 Å². The maximum absolute atomic E-state index is 13.3. The first kappa shape index (κ1) is 12.5. The Labute approximate surface area is 94.8 Å². The van der Waals surface area contributed by atoms with Gasteiger partial charge < -0.3 is 10.1 Å². The molecular weight excluding hydrogens is 207 g/mol. The number of nitrogens with zero attached hydrogens (tertiary/aromatic N) is 1. The highest BCUT2D eigenvalue weighted by Crippen LogP contribution is 2.18. The molecular formula is C12H15FN2O. The van der Waals surface area contributed by atoms with Crippen molar-refractivity contribution in [3.63, 3.8) is 0 Å². The molecule has 1 rings (SSSR count). The summed E-state index contributed by atoms with van der Waals surface area (Å²) in [6.07, 6.45) is 0. The molecule has 0 spiro atoms. The molecule has 0 amide bonds. The van der Waals surface area contributed by atoms with Crippen LogP contribution in [-0.4, -0.2) is 19.3 Å². The van der Waals surface area contributed by atoms with Gasteiger partial charge in [-0.1, -0.05) is 6.07 Å². The van der Waals surface area contributed by atoms with Gasteiger partial charge in [0, 0.05) is 12.6 Å². The molecule has 0 aromatic heterocycles. The van der Waals surface area contributed by atoms with E-state index in [2.05, 4.69) is 5.32 Å². The summed E-state index contributed by atoms with van der Waals surface area (Å²) in [4.78, 5) is 0. The predicted molar refractivity (Wildman–Crippen MR) is 60.7 cm³/mol. The molecule has 1 unspecified atom stereocenters. The Morgan fingerprint density at radius 3 is 2.94 bits per heavy atom. The zero-order valence-corrected chi connectivity index (χ0v) is 9.46. The zero-order valence-electron chi connectivity index (χ0n) is 9.46. The SMILES string of the molecule is CCOCC(C)Nc1cccc(F)c1C#N. The molecule has 0 saturated carbocycles. The van der Waals surface area contributed by atoms with Gasteiger partial charge in [0.2, 0.25) is 0 Å². The predicted octanol–water partition coefficient (Wildman–Crippen LogP) is 2.53. The summed E-state index contributed by atoms with van der Waals surface area (Å²) in [6, 6.07) is 6.42. The molecule has 1 aromatic rings. The van der Waals surface area contributed by atoms with Crippen LogP contribution in [0.15, 0.2) is 18.2 Å². The van der Waals surface area contributed by atoms with Crippen LogP contribution in [0, 0.1) is 17.1 Å². The zero-order chi connectivity index (χ0) is 12.0. The summed E-state index contributed by atoms with van der Waals surface area (Å²) in [5.74, 6) is -0.504. The Bertz CT molecular complexity index is 387. The number of rotatable bonds is 5. The Hall–Kier alpha value is -1.60. The quantitative estimate of drug-likeness (QED) is 0.832. The fraction of sp³-hybridized carbons (Fsp3) is 0.417. The van der Waals surface area contributed by atoms with E-state index in [1.54, 1.807) is 12.1 Å². The standard InChI is InChI=1S/C12H15FN2O/c1-3-16-8-9(2)15-12-6-4-5-11(13)10(12)7-14/h4-6,9,15H,3,8H2,1-2H3. The lowest BCUT2D eigenvalue weighted by Gasteiger charge is -2.16. The molecule has 1 aromatic carbocycles. The summed E-state index contributed by atoms with van der Waals surface area (Å²) in [5.41, 5.74) is 0.556. The molecule has 0 aliphatic rings. The third-order valence-corrected chi connectivity index (χ3v) is 2.10. The van der Waals surface area contributed by atoms with Crippen molar-refractivity contribution in [1.82, 2.24) is 0 Å². The normalized spacial score (nSPS) is 11.9. The second kappa shape index (κ2) is 6.09. The van der Waals surface area contributed by atoms with Gasteiger partial charge >= 0.3 is 0 Å². The van der Waals surface area contributed by atoms with E-state index in [0.717, 1.165) is 0 Å². The fourth-order valence-electron chi connectivity index (χ4n) is 1.36. The Morgan fingerprint density at radius 2 is 2.31 bits per heavy atom. The Kier molecular flexibility index (Phi) is 4.74. The highest BCUT2D eigenvalue weighted by Gasteiger charge is 2.09. The largest absolute Gasteiger partial charge is 0.380 e. The van der Waals surface area contributed by atoms with E-state index in [9.17, 15) is 4.39 Å². The van der Waals surface area contributed by atoms with Crippen molar-refractivity contribution in [3.05, 3.63) is 29.6 Å². The van der Waals surface area contributed by atoms with Crippen molar-refractivity contribution in [2.45, 2.75) is 19.9 Å². The smallest absolute Gasteiger partial charge is 0.143 e. The first-order valence-electron chi connectivity index (χ1n) is 5.22. The van der Waals surface area contributed by atoms with Crippen LogP contribution in [0.2, 0.25) is 0 Å². The van der Waals surface area contributed by atoms with Gasteiger partial charge in [-0.2, -0.15) is 5.26 Å². The van der Waals surface area contributed by atoms with Crippen LogP contribution in [0.1, 0.15) is 19.4 Å². The number of benzene rings is 1. The van der Waals surface area contributed by atoms with Crippen molar-refractivity contribution in [1.29, 1.82) is 5.26 Å². The topological polar surface area (TPSA) is 45.0 Å². The maximum atomic E-state index is 13.3. The number of ether oxygens (including phenoxy) is 1. The number of hydrogen-bond donors (Lipinski definition) is 1. The molecule has 86 valence electrons. The van der Waals surface area contributed by atoms with Crippen molar-refractivity contribution in [3.8, 4) is 6.07 Å². The van der Waals surface area contributed by atoms with E-state index < -0.39 is 5.82 Å². The minimum atomic E-state index is -0.504. The average Bonchev–Trinajstić information content (AvgIpc) is 2.27. The lowest BCUT2D eigenvalue weighted by molar-refractivity contribution is 0.141. The van der Waals surface area contributed by atoms with Gasteiger partial charge in [-0.15, -0.1) is 0 Å². The van der Waals surface area contributed by atoms with Crippen LogP contribution in [0.3, 0.4) is 0 Å². The van der Waals surface area contributed by atoms with Gasteiger partial charge in [0.1, 0.15) is 17.4 Å². The molecule has 0 fully saturated rings. The van der Waals surface area contributed by atoms with Crippen molar-refractivity contribution >= 4 is 5.69 Å². The Balaban J connectivity index is 2.74. The average molecular weight is 222 g/mol. The molecule has 0 aliphatic carbocycles. The van der Waals surface area contributed by atoms with Gasteiger partial charge in [-0.05, 0) is 26.0 Å². The molecule has 1 atom stereocenters.